The van der Waals surface area contributed by atoms with Crippen molar-refractivity contribution in [1.82, 2.24) is 4.72 Å². The second-order valence-electron chi connectivity index (χ2n) is 7.38. The number of halogens is 4. The molecule has 3 rings (SSSR count). The third-order valence-corrected chi connectivity index (χ3v) is 6.05. The number of rotatable bonds is 4. The van der Waals surface area contributed by atoms with Crippen LogP contribution < -0.4 is 14.9 Å². The summed E-state index contributed by atoms with van der Waals surface area (Å²) < 4.78 is 85.5. The zero-order valence-electron chi connectivity index (χ0n) is 17.1. The van der Waals surface area contributed by atoms with Gasteiger partial charge >= 0.3 is 12.2 Å². The van der Waals surface area contributed by atoms with E-state index in [0.29, 0.717) is 13.1 Å². The minimum absolute atomic E-state index is 0.218. The molecular formula is C20H21F4N3O4S. The van der Waals surface area contributed by atoms with E-state index < -0.39 is 38.5 Å². The van der Waals surface area contributed by atoms with Gasteiger partial charge in [-0.3, -0.25) is 0 Å². The van der Waals surface area contributed by atoms with Gasteiger partial charge in [0.15, 0.2) is 0 Å². The van der Waals surface area contributed by atoms with Crippen LogP contribution in [0.25, 0.3) is 0 Å². The molecule has 0 aromatic heterocycles. The molecule has 1 fully saturated rings. The van der Waals surface area contributed by atoms with Crippen LogP contribution in [0.4, 0.5) is 33.7 Å². The summed E-state index contributed by atoms with van der Waals surface area (Å²) in [5.74, 6) is -1.08. The largest absolute Gasteiger partial charge is 0.416 e. The number of benzene rings is 2. The van der Waals surface area contributed by atoms with E-state index in [0.717, 1.165) is 24.3 Å². The molecule has 0 saturated carbocycles. The molecule has 12 heteroatoms. The Labute approximate surface area is 182 Å². The second kappa shape index (κ2) is 8.94. The lowest BCUT2D eigenvalue weighted by molar-refractivity contribution is -0.137. The van der Waals surface area contributed by atoms with E-state index in [1.54, 1.807) is 23.5 Å². The highest BCUT2D eigenvalue weighted by Crippen LogP contribution is 2.36. The van der Waals surface area contributed by atoms with Crippen molar-refractivity contribution in [3.8, 4) is 0 Å². The smallest absolute Gasteiger partial charge is 0.372 e. The number of sulfonamides is 1. The van der Waals surface area contributed by atoms with Crippen molar-refractivity contribution in [2.45, 2.75) is 37.1 Å². The Hall–Kier alpha value is -2.86. The summed E-state index contributed by atoms with van der Waals surface area (Å²) in [5, 5.41) is 2.16. The van der Waals surface area contributed by atoms with E-state index in [4.69, 9.17) is 4.74 Å². The third-order valence-electron chi connectivity index (χ3n) is 4.69. The SMILES string of the molecule is CC1CN(c2ccc(C(F)(F)F)cc2NC(=O)NS(=O)(=O)c2ccccc2F)CC(C)O1. The highest BCUT2D eigenvalue weighted by atomic mass is 32.2. The number of ether oxygens (including phenoxy) is 1. The molecule has 0 aliphatic carbocycles. The maximum Gasteiger partial charge on any atom is 0.416 e. The fourth-order valence-corrected chi connectivity index (χ4v) is 4.44. The summed E-state index contributed by atoms with van der Waals surface area (Å²) in [7, 11) is -4.60. The normalized spacial score (nSPS) is 19.5. The van der Waals surface area contributed by atoms with Gasteiger partial charge in [-0.05, 0) is 44.2 Å². The number of morpholine rings is 1. The molecule has 2 N–H and O–H groups in total. The van der Waals surface area contributed by atoms with Gasteiger partial charge in [0.2, 0.25) is 0 Å². The predicted molar refractivity (Wildman–Crippen MR) is 109 cm³/mol. The van der Waals surface area contributed by atoms with E-state index in [1.807, 2.05) is 0 Å². The van der Waals surface area contributed by atoms with Gasteiger partial charge in [0.05, 0.1) is 29.1 Å². The van der Waals surface area contributed by atoms with Gasteiger partial charge in [0, 0.05) is 13.1 Å². The number of urea groups is 1. The summed E-state index contributed by atoms with van der Waals surface area (Å²) in [4.78, 5) is 13.4. The molecule has 2 aromatic carbocycles. The van der Waals surface area contributed by atoms with E-state index in [1.165, 1.54) is 18.2 Å². The first-order valence-corrected chi connectivity index (χ1v) is 11.0. The van der Waals surface area contributed by atoms with Gasteiger partial charge < -0.3 is 15.0 Å². The van der Waals surface area contributed by atoms with E-state index in [9.17, 15) is 30.8 Å². The molecule has 2 aromatic rings. The number of carbonyl (C=O) groups excluding carboxylic acids is 1. The molecule has 2 atom stereocenters. The Morgan fingerprint density at radius 2 is 1.72 bits per heavy atom. The molecule has 2 unspecified atom stereocenters. The molecule has 32 heavy (non-hydrogen) atoms. The number of hydrogen-bond donors (Lipinski definition) is 2. The summed E-state index contributed by atoms with van der Waals surface area (Å²) in [6, 6.07) is 5.86. The Morgan fingerprint density at radius 3 is 2.31 bits per heavy atom. The second-order valence-corrected chi connectivity index (χ2v) is 9.03. The Balaban J connectivity index is 1.91. The summed E-state index contributed by atoms with van der Waals surface area (Å²) in [6.07, 6.45) is -5.12. The number of nitrogens with one attached hydrogen (secondary N) is 2. The van der Waals surface area contributed by atoms with Crippen molar-refractivity contribution in [1.29, 1.82) is 0 Å². The number of alkyl halides is 3. The molecule has 0 radical (unpaired) electrons. The first-order valence-electron chi connectivity index (χ1n) is 9.57. The quantitative estimate of drug-likeness (QED) is 0.654. The Bertz CT molecular complexity index is 1100. The van der Waals surface area contributed by atoms with E-state index in [-0.39, 0.29) is 23.6 Å². The number of anilines is 2. The first kappa shape index (κ1) is 23.8. The maximum atomic E-state index is 13.8. The van der Waals surface area contributed by atoms with Crippen LogP contribution in [-0.2, 0) is 20.9 Å². The zero-order chi connectivity index (χ0) is 23.7. The fraction of sp³-hybridized carbons (Fsp3) is 0.350. The standard InChI is InChI=1S/C20H21F4N3O4S/c1-12-10-27(11-13(2)31-12)17-8-7-14(20(22,23)24)9-16(17)25-19(28)26-32(29,30)18-6-4-3-5-15(18)21/h3-9,12-13H,10-11H2,1-2H3,(H2,25,26,28). The van der Waals surface area contributed by atoms with Gasteiger partial charge in [-0.2, -0.15) is 13.2 Å². The average molecular weight is 475 g/mol. The van der Waals surface area contributed by atoms with Crippen molar-refractivity contribution in [2.24, 2.45) is 0 Å². The summed E-state index contributed by atoms with van der Waals surface area (Å²) in [6.45, 7) is 4.29. The van der Waals surface area contributed by atoms with Crippen molar-refractivity contribution in [3.63, 3.8) is 0 Å². The van der Waals surface area contributed by atoms with Crippen LogP contribution in [-0.4, -0.2) is 39.7 Å². The van der Waals surface area contributed by atoms with Gasteiger partial charge in [0.25, 0.3) is 10.0 Å². The predicted octanol–water partition coefficient (Wildman–Crippen LogP) is 3.97. The molecule has 1 aliphatic rings. The molecule has 2 amide bonds. The molecule has 0 bridgehead atoms. The summed E-state index contributed by atoms with van der Waals surface area (Å²) >= 11 is 0. The van der Waals surface area contributed by atoms with Crippen molar-refractivity contribution in [3.05, 3.63) is 53.8 Å². The first-order chi connectivity index (χ1) is 14.9. The number of carbonyl (C=O) groups is 1. The molecule has 174 valence electrons. The molecule has 1 saturated heterocycles. The average Bonchev–Trinajstić information content (AvgIpc) is 2.66. The lowest BCUT2D eigenvalue weighted by Crippen LogP contribution is -2.46. The Kier molecular flexibility index (Phi) is 6.65. The topological polar surface area (TPSA) is 87.7 Å². The number of hydrogen-bond acceptors (Lipinski definition) is 5. The van der Waals surface area contributed by atoms with Gasteiger partial charge in [0.1, 0.15) is 10.7 Å². The van der Waals surface area contributed by atoms with Crippen LogP contribution in [0.1, 0.15) is 19.4 Å². The van der Waals surface area contributed by atoms with Crippen molar-refractivity contribution in [2.75, 3.05) is 23.3 Å². The van der Waals surface area contributed by atoms with Crippen LogP contribution >= 0.6 is 0 Å². The maximum absolute atomic E-state index is 13.8. The van der Waals surface area contributed by atoms with Crippen molar-refractivity contribution >= 4 is 27.4 Å². The number of amides is 2. The fourth-order valence-electron chi connectivity index (χ4n) is 3.45. The number of nitrogens with zero attached hydrogens (tertiary/aromatic N) is 1. The molecule has 1 heterocycles. The van der Waals surface area contributed by atoms with Crippen LogP contribution in [0.2, 0.25) is 0 Å². The highest BCUT2D eigenvalue weighted by Gasteiger charge is 2.33. The lowest BCUT2D eigenvalue weighted by atomic mass is 10.1. The molecule has 7 nitrogen and oxygen atoms in total. The van der Waals surface area contributed by atoms with Crippen LogP contribution in [0.3, 0.4) is 0 Å². The van der Waals surface area contributed by atoms with Gasteiger partial charge in [-0.25, -0.2) is 22.3 Å². The van der Waals surface area contributed by atoms with Crippen molar-refractivity contribution < 1.29 is 35.5 Å². The molecule has 0 spiro atoms. The van der Waals surface area contributed by atoms with Crippen LogP contribution in [0.15, 0.2) is 47.4 Å². The lowest BCUT2D eigenvalue weighted by Gasteiger charge is -2.37. The third kappa shape index (κ3) is 5.49. The molecule has 1 aliphatic heterocycles. The van der Waals surface area contributed by atoms with E-state index in [2.05, 4.69) is 5.32 Å². The van der Waals surface area contributed by atoms with Crippen LogP contribution in [0.5, 0.6) is 0 Å². The summed E-state index contributed by atoms with van der Waals surface area (Å²) in [5.41, 5.74) is -1.01. The Morgan fingerprint density at radius 1 is 1.09 bits per heavy atom. The van der Waals surface area contributed by atoms with Gasteiger partial charge in [-0.15, -0.1) is 0 Å². The van der Waals surface area contributed by atoms with Gasteiger partial charge in [-0.1, -0.05) is 12.1 Å². The highest BCUT2D eigenvalue weighted by molar-refractivity contribution is 7.90. The minimum Gasteiger partial charge on any atom is -0.372 e. The van der Waals surface area contributed by atoms with Crippen LogP contribution in [0, 0.1) is 5.82 Å². The monoisotopic (exact) mass is 475 g/mol. The van der Waals surface area contributed by atoms with E-state index >= 15 is 0 Å². The minimum atomic E-state index is -4.68. The zero-order valence-corrected chi connectivity index (χ0v) is 17.9. The molecular weight excluding hydrogens is 454 g/mol.